The summed E-state index contributed by atoms with van der Waals surface area (Å²) in [6.07, 6.45) is 4.22. The Morgan fingerprint density at radius 3 is 1.67 bits per heavy atom. The van der Waals surface area contributed by atoms with Crippen molar-refractivity contribution in [3.8, 4) is 0 Å². The van der Waals surface area contributed by atoms with Crippen molar-refractivity contribution in [1.82, 2.24) is 0 Å². The van der Waals surface area contributed by atoms with Crippen molar-refractivity contribution in [2.75, 3.05) is 19.6 Å². The standard InChI is InChI=1S/C14H30N/c1-13(2,3)9-12-15(14(4,5)6)10-7-8-11-15/h7-12H2,1-6H3/q+1. The number of rotatable bonds is 2. The van der Waals surface area contributed by atoms with Crippen LogP contribution in [0.1, 0.15) is 60.8 Å². The fourth-order valence-corrected chi connectivity index (χ4v) is 2.72. The second-order valence-corrected chi connectivity index (χ2v) is 7.50. The van der Waals surface area contributed by atoms with Crippen molar-refractivity contribution in [1.29, 1.82) is 0 Å². The first-order valence-corrected chi connectivity index (χ1v) is 6.53. The van der Waals surface area contributed by atoms with Crippen LogP contribution in [-0.2, 0) is 0 Å². The van der Waals surface area contributed by atoms with E-state index in [1.54, 1.807) is 0 Å². The number of nitrogens with zero attached hydrogens (tertiary/aromatic N) is 1. The summed E-state index contributed by atoms with van der Waals surface area (Å²) in [5.74, 6) is 0. The van der Waals surface area contributed by atoms with Crippen LogP contribution in [0.25, 0.3) is 0 Å². The molecule has 0 aromatic heterocycles. The zero-order chi connectivity index (χ0) is 11.7. The predicted octanol–water partition coefficient (Wildman–Crippen LogP) is 3.83. The zero-order valence-corrected chi connectivity index (χ0v) is 11.7. The molecule has 0 N–H and O–H groups in total. The molecule has 15 heavy (non-hydrogen) atoms. The Morgan fingerprint density at radius 2 is 1.33 bits per heavy atom. The van der Waals surface area contributed by atoms with Crippen molar-refractivity contribution in [3.05, 3.63) is 0 Å². The van der Waals surface area contributed by atoms with E-state index in [-0.39, 0.29) is 0 Å². The van der Waals surface area contributed by atoms with Gasteiger partial charge in [-0.25, -0.2) is 0 Å². The molecule has 0 amide bonds. The number of likely N-dealkylation sites (tertiary alicyclic amines) is 1. The van der Waals surface area contributed by atoms with E-state index < -0.39 is 0 Å². The normalized spacial score (nSPS) is 22.0. The van der Waals surface area contributed by atoms with E-state index in [1.165, 1.54) is 43.4 Å². The maximum atomic E-state index is 2.42. The average Bonchev–Trinajstić information content (AvgIpc) is 2.46. The summed E-state index contributed by atoms with van der Waals surface area (Å²) in [5, 5.41) is 0. The van der Waals surface area contributed by atoms with Gasteiger partial charge in [0.15, 0.2) is 0 Å². The van der Waals surface area contributed by atoms with Crippen LogP contribution < -0.4 is 0 Å². The highest BCUT2D eigenvalue weighted by Gasteiger charge is 2.42. The van der Waals surface area contributed by atoms with Gasteiger partial charge < -0.3 is 4.48 Å². The summed E-state index contributed by atoms with van der Waals surface area (Å²) in [6.45, 7) is 18.5. The zero-order valence-electron chi connectivity index (χ0n) is 11.7. The van der Waals surface area contributed by atoms with Gasteiger partial charge in [-0.05, 0) is 26.2 Å². The molecule has 0 aromatic rings. The van der Waals surface area contributed by atoms with Gasteiger partial charge >= 0.3 is 0 Å². The quantitative estimate of drug-likeness (QED) is 0.610. The van der Waals surface area contributed by atoms with Crippen LogP contribution in [0.2, 0.25) is 0 Å². The van der Waals surface area contributed by atoms with Crippen LogP contribution >= 0.6 is 0 Å². The lowest BCUT2D eigenvalue weighted by Crippen LogP contribution is -2.59. The van der Waals surface area contributed by atoms with Gasteiger partial charge in [0, 0.05) is 19.3 Å². The molecule has 0 radical (unpaired) electrons. The Balaban J connectivity index is 2.67. The summed E-state index contributed by atoms with van der Waals surface area (Å²) in [5.41, 5.74) is 0.917. The summed E-state index contributed by atoms with van der Waals surface area (Å²) in [7, 11) is 0. The molecular formula is C14H30N+. The van der Waals surface area contributed by atoms with E-state index in [4.69, 9.17) is 0 Å². The minimum atomic E-state index is 0.432. The molecule has 1 saturated heterocycles. The SMILES string of the molecule is CC(C)(C)CC[N+]1(C(C)(C)C)CCCC1. The highest BCUT2D eigenvalue weighted by Crippen LogP contribution is 2.33. The second kappa shape index (κ2) is 4.08. The maximum Gasteiger partial charge on any atom is 0.0907 e. The van der Waals surface area contributed by atoms with E-state index in [0.29, 0.717) is 11.0 Å². The van der Waals surface area contributed by atoms with E-state index in [9.17, 15) is 0 Å². The van der Waals surface area contributed by atoms with Crippen molar-refractivity contribution < 1.29 is 4.48 Å². The number of hydrogen-bond donors (Lipinski definition) is 0. The van der Waals surface area contributed by atoms with Crippen molar-refractivity contribution in [2.45, 2.75) is 66.3 Å². The molecule has 1 aliphatic heterocycles. The smallest absolute Gasteiger partial charge is 0.0907 e. The molecule has 1 fully saturated rings. The van der Waals surface area contributed by atoms with Crippen LogP contribution in [0.5, 0.6) is 0 Å². The fourth-order valence-electron chi connectivity index (χ4n) is 2.72. The van der Waals surface area contributed by atoms with Crippen LogP contribution in [0.3, 0.4) is 0 Å². The lowest BCUT2D eigenvalue weighted by molar-refractivity contribution is -0.960. The van der Waals surface area contributed by atoms with E-state index >= 15 is 0 Å². The molecule has 1 nitrogen and oxygen atoms in total. The first-order valence-electron chi connectivity index (χ1n) is 6.53. The molecule has 0 aliphatic carbocycles. The lowest BCUT2D eigenvalue weighted by Gasteiger charge is -2.47. The van der Waals surface area contributed by atoms with Crippen molar-refractivity contribution >= 4 is 0 Å². The summed E-state index contributed by atoms with van der Waals surface area (Å²) < 4.78 is 1.35. The van der Waals surface area contributed by atoms with E-state index in [0.717, 1.165) is 0 Å². The highest BCUT2D eigenvalue weighted by molar-refractivity contribution is 4.71. The third kappa shape index (κ3) is 3.21. The molecule has 1 rings (SSSR count). The van der Waals surface area contributed by atoms with Gasteiger partial charge in [-0.2, -0.15) is 0 Å². The fraction of sp³-hybridized carbons (Fsp3) is 1.00. The van der Waals surface area contributed by atoms with E-state index in [1.807, 2.05) is 0 Å². The molecule has 0 bridgehead atoms. The third-order valence-electron chi connectivity index (χ3n) is 4.14. The highest BCUT2D eigenvalue weighted by atomic mass is 15.4. The molecule has 1 heteroatoms. The monoisotopic (exact) mass is 212 g/mol. The van der Waals surface area contributed by atoms with Crippen LogP contribution in [0.15, 0.2) is 0 Å². The van der Waals surface area contributed by atoms with Crippen molar-refractivity contribution in [2.24, 2.45) is 5.41 Å². The molecule has 1 heterocycles. The van der Waals surface area contributed by atoms with Crippen LogP contribution in [0, 0.1) is 5.41 Å². The van der Waals surface area contributed by atoms with Gasteiger partial charge in [0.25, 0.3) is 0 Å². The first kappa shape index (κ1) is 13.0. The van der Waals surface area contributed by atoms with Crippen LogP contribution in [0.4, 0.5) is 0 Å². The van der Waals surface area contributed by atoms with Gasteiger partial charge in [0.05, 0.1) is 25.2 Å². The molecule has 0 saturated carbocycles. The van der Waals surface area contributed by atoms with Crippen LogP contribution in [-0.4, -0.2) is 29.7 Å². The van der Waals surface area contributed by atoms with Gasteiger partial charge in [0.1, 0.15) is 0 Å². The molecule has 0 unspecified atom stereocenters. The number of hydrogen-bond acceptors (Lipinski definition) is 0. The molecule has 0 spiro atoms. The molecular weight excluding hydrogens is 182 g/mol. The summed E-state index contributed by atoms with van der Waals surface area (Å²) >= 11 is 0. The average molecular weight is 212 g/mol. The molecule has 90 valence electrons. The maximum absolute atomic E-state index is 2.42. The van der Waals surface area contributed by atoms with Gasteiger partial charge in [-0.3, -0.25) is 0 Å². The first-order chi connectivity index (χ1) is 6.66. The summed E-state index contributed by atoms with van der Waals surface area (Å²) in [6, 6.07) is 0. The topological polar surface area (TPSA) is 0 Å². The van der Waals surface area contributed by atoms with Gasteiger partial charge in [0.2, 0.25) is 0 Å². The molecule has 0 atom stereocenters. The van der Waals surface area contributed by atoms with Crippen molar-refractivity contribution in [3.63, 3.8) is 0 Å². The van der Waals surface area contributed by atoms with Gasteiger partial charge in [-0.15, -0.1) is 0 Å². The summed E-state index contributed by atoms with van der Waals surface area (Å²) in [4.78, 5) is 0. The van der Waals surface area contributed by atoms with E-state index in [2.05, 4.69) is 41.5 Å². The minimum Gasteiger partial charge on any atom is -0.319 e. The minimum absolute atomic E-state index is 0.432. The Hall–Kier alpha value is -0.0400. The Labute approximate surface area is 96.4 Å². The molecule has 1 aliphatic rings. The molecule has 0 aromatic carbocycles. The Morgan fingerprint density at radius 1 is 0.867 bits per heavy atom. The Kier molecular flexibility index (Phi) is 3.55. The number of quaternary nitrogens is 1. The van der Waals surface area contributed by atoms with Gasteiger partial charge in [-0.1, -0.05) is 20.8 Å². The second-order valence-electron chi connectivity index (χ2n) is 7.50. The Bertz CT molecular complexity index is 198. The lowest BCUT2D eigenvalue weighted by atomic mass is 9.90. The third-order valence-corrected chi connectivity index (χ3v) is 4.14. The predicted molar refractivity (Wildman–Crippen MR) is 67.9 cm³/mol. The largest absolute Gasteiger partial charge is 0.319 e.